The van der Waals surface area contributed by atoms with E-state index in [9.17, 15) is 19.4 Å². The quantitative estimate of drug-likeness (QED) is 0.0246. The normalized spacial score (nSPS) is 15.3. The van der Waals surface area contributed by atoms with Gasteiger partial charge in [0.15, 0.2) is 0 Å². The Balaban J connectivity index is 4.65. The van der Waals surface area contributed by atoms with Crippen molar-refractivity contribution in [2.45, 2.75) is 161 Å². The van der Waals surface area contributed by atoms with Crippen LogP contribution in [0.15, 0.2) is 109 Å². The summed E-state index contributed by atoms with van der Waals surface area (Å²) in [6, 6.07) is -0.917. The van der Waals surface area contributed by atoms with Crippen LogP contribution in [0.4, 0.5) is 0 Å². The van der Waals surface area contributed by atoms with Gasteiger partial charge in [-0.1, -0.05) is 168 Å². The molecule has 0 aliphatic rings. The van der Waals surface area contributed by atoms with Crippen molar-refractivity contribution in [1.82, 2.24) is 5.32 Å². The minimum atomic E-state index is -4.38. The summed E-state index contributed by atoms with van der Waals surface area (Å²) in [5.74, 6) is -0.279. The molecule has 8 nitrogen and oxygen atoms in total. The van der Waals surface area contributed by atoms with Gasteiger partial charge in [-0.05, 0) is 83.5 Å². The smallest absolute Gasteiger partial charge is 0.387 e. The number of quaternary nitrogens is 1. The van der Waals surface area contributed by atoms with Crippen LogP contribution >= 0.6 is 7.82 Å². The number of allylic oxidation sites excluding steroid dienone is 17. The summed E-state index contributed by atoms with van der Waals surface area (Å²) in [6.07, 6.45) is 58.9. The number of carbonyl (C=O) groups is 1. The van der Waals surface area contributed by atoms with Crippen LogP contribution in [0.25, 0.3) is 0 Å². The summed E-state index contributed by atoms with van der Waals surface area (Å²) < 4.78 is 23.5. The predicted molar refractivity (Wildman–Crippen MR) is 253 cm³/mol. The van der Waals surface area contributed by atoms with E-state index in [-0.39, 0.29) is 25.5 Å². The lowest BCUT2D eigenvalue weighted by Crippen LogP contribution is -2.45. The zero-order valence-electron chi connectivity index (χ0n) is 37.9. The third kappa shape index (κ3) is 43.1. The molecule has 9 heteroatoms. The predicted octanol–water partition coefficient (Wildman–Crippen LogP) is 12.9. The van der Waals surface area contributed by atoms with Crippen LogP contribution in [0.1, 0.15) is 149 Å². The first kappa shape index (κ1) is 56.2. The highest BCUT2D eigenvalue weighted by molar-refractivity contribution is 7.47. The summed E-state index contributed by atoms with van der Waals surface area (Å²) >= 11 is 0. The third-order valence-electron chi connectivity index (χ3n) is 9.22. The first-order valence-electron chi connectivity index (χ1n) is 22.8. The van der Waals surface area contributed by atoms with Gasteiger partial charge in [0.25, 0.3) is 0 Å². The van der Waals surface area contributed by atoms with E-state index >= 15 is 0 Å². The third-order valence-corrected chi connectivity index (χ3v) is 10.2. The van der Waals surface area contributed by atoms with E-state index in [1.54, 1.807) is 6.08 Å². The van der Waals surface area contributed by atoms with E-state index in [0.29, 0.717) is 17.4 Å². The minimum absolute atomic E-state index is 0.0336. The van der Waals surface area contributed by atoms with E-state index < -0.39 is 20.0 Å². The SMILES string of the molecule is CC/C=C\C/C=C\C/C=C\C/C=C\C/C=C\C/C=C\CCC(=O)NC(COP(=O)(O)OCC[N+](C)(C)C)C(O)/C=C/CC/C=C/CC/C=C/CCCCCCCCCC. The van der Waals surface area contributed by atoms with Gasteiger partial charge in [0.2, 0.25) is 5.91 Å². The van der Waals surface area contributed by atoms with Gasteiger partial charge in [0, 0.05) is 6.42 Å². The number of carbonyl (C=O) groups excluding carboxylic acids is 1. The van der Waals surface area contributed by atoms with Gasteiger partial charge in [-0.15, -0.1) is 0 Å². The van der Waals surface area contributed by atoms with Gasteiger partial charge in [-0.25, -0.2) is 4.57 Å². The molecule has 336 valence electrons. The van der Waals surface area contributed by atoms with Crippen LogP contribution in [0.3, 0.4) is 0 Å². The average Bonchev–Trinajstić information content (AvgIpc) is 3.19. The molecule has 0 aliphatic heterocycles. The molecular weight excluding hydrogens is 756 g/mol. The number of phosphoric acid groups is 1. The molecule has 0 rings (SSSR count). The van der Waals surface area contributed by atoms with Crippen LogP contribution in [0.2, 0.25) is 0 Å². The number of nitrogens with one attached hydrogen (secondary N) is 1. The van der Waals surface area contributed by atoms with E-state index in [1.165, 1.54) is 57.8 Å². The zero-order chi connectivity index (χ0) is 43.6. The lowest BCUT2D eigenvalue weighted by Gasteiger charge is -2.25. The molecule has 0 aromatic rings. The Bertz CT molecular complexity index is 1320. The second kappa shape index (κ2) is 40.6. The Labute approximate surface area is 361 Å². The second-order valence-electron chi connectivity index (χ2n) is 16.0. The molecule has 0 fully saturated rings. The van der Waals surface area contributed by atoms with Crippen molar-refractivity contribution < 1.29 is 32.9 Å². The van der Waals surface area contributed by atoms with Gasteiger partial charge >= 0.3 is 7.82 Å². The van der Waals surface area contributed by atoms with Crippen molar-refractivity contribution in [3.63, 3.8) is 0 Å². The first-order chi connectivity index (χ1) is 28.5. The molecule has 3 unspecified atom stereocenters. The zero-order valence-corrected chi connectivity index (χ0v) is 38.8. The molecule has 0 heterocycles. The van der Waals surface area contributed by atoms with Crippen molar-refractivity contribution in [3.8, 4) is 0 Å². The number of nitrogens with zero attached hydrogens (tertiary/aromatic N) is 1. The Morgan fingerprint density at radius 3 is 1.54 bits per heavy atom. The standard InChI is InChI=1S/C50H85N2O6P/c1-6-8-10-12-14-16-18-20-22-24-26-28-30-32-34-36-38-40-42-44-50(54)51-48(47-58-59(55,56)57-46-45-52(3,4)5)49(53)43-41-39-37-35-33-31-29-27-25-23-21-19-17-15-13-11-9-7-2/h8,10,14,16,20,22,25-28,32-35,38,40-41,43,48-49,53H,6-7,9,11-13,15,17-19,21,23-24,29-31,36-37,39,42,44-47H2,1-5H3,(H-,51,54,55,56)/p+1/b10-8-,16-14-,22-20-,27-25+,28-26-,34-32-,35-33+,40-38-,43-41+. The number of phosphoric ester groups is 1. The second-order valence-corrected chi connectivity index (χ2v) is 17.5. The number of hydrogen-bond acceptors (Lipinski definition) is 5. The van der Waals surface area contributed by atoms with Crippen LogP contribution in [-0.2, 0) is 18.4 Å². The van der Waals surface area contributed by atoms with Gasteiger partial charge in [-0.3, -0.25) is 13.8 Å². The van der Waals surface area contributed by atoms with Gasteiger partial charge in [-0.2, -0.15) is 0 Å². The summed E-state index contributed by atoms with van der Waals surface area (Å²) in [5, 5.41) is 13.7. The van der Waals surface area contributed by atoms with Crippen molar-refractivity contribution in [1.29, 1.82) is 0 Å². The number of aliphatic hydroxyl groups excluding tert-OH is 1. The fraction of sp³-hybridized carbons (Fsp3) is 0.620. The molecule has 3 atom stereocenters. The topological polar surface area (TPSA) is 105 Å². The van der Waals surface area contributed by atoms with E-state index in [0.717, 1.165) is 64.2 Å². The maximum absolute atomic E-state index is 12.8. The molecule has 59 heavy (non-hydrogen) atoms. The Hall–Kier alpha value is -2.84. The summed E-state index contributed by atoms with van der Waals surface area (Å²) in [4.78, 5) is 23.1. The summed E-state index contributed by atoms with van der Waals surface area (Å²) in [5.41, 5.74) is 0. The van der Waals surface area contributed by atoms with Crippen LogP contribution < -0.4 is 5.32 Å². The molecule has 0 saturated heterocycles. The van der Waals surface area contributed by atoms with Crippen LogP contribution in [-0.4, -0.2) is 73.4 Å². The van der Waals surface area contributed by atoms with Crippen molar-refractivity contribution in [3.05, 3.63) is 109 Å². The molecule has 1 amide bonds. The van der Waals surface area contributed by atoms with E-state index in [1.807, 2.05) is 39.4 Å². The Morgan fingerprint density at radius 2 is 1.03 bits per heavy atom. The summed E-state index contributed by atoms with van der Waals surface area (Å²) in [7, 11) is 1.48. The van der Waals surface area contributed by atoms with Crippen molar-refractivity contribution in [2.24, 2.45) is 0 Å². The molecular formula is C50H86N2O6P+. The van der Waals surface area contributed by atoms with Gasteiger partial charge in [0.05, 0.1) is 39.9 Å². The molecule has 3 N–H and O–H groups in total. The monoisotopic (exact) mass is 842 g/mol. The molecule has 0 bridgehead atoms. The molecule has 0 radical (unpaired) electrons. The lowest BCUT2D eigenvalue weighted by molar-refractivity contribution is -0.870. The molecule has 0 aromatic carbocycles. The van der Waals surface area contributed by atoms with Gasteiger partial charge < -0.3 is 19.8 Å². The van der Waals surface area contributed by atoms with Crippen molar-refractivity contribution in [2.75, 3.05) is 40.9 Å². The maximum Gasteiger partial charge on any atom is 0.472 e. The lowest BCUT2D eigenvalue weighted by atomic mass is 10.1. The fourth-order valence-electron chi connectivity index (χ4n) is 5.62. The van der Waals surface area contributed by atoms with Gasteiger partial charge in [0.1, 0.15) is 13.2 Å². The number of aliphatic hydroxyl groups is 1. The highest BCUT2D eigenvalue weighted by Crippen LogP contribution is 2.43. The van der Waals surface area contributed by atoms with E-state index in [2.05, 4.69) is 104 Å². The molecule has 0 aromatic heterocycles. The fourth-order valence-corrected chi connectivity index (χ4v) is 6.36. The largest absolute Gasteiger partial charge is 0.472 e. The number of unbranched alkanes of at least 4 members (excludes halogenated alkanes) is 10. The number of likely N-dealkylation sites (N-methyl/N-ethyl adjacent to an activating group) is 1. The van der Waals surface area contributed by atoms with Crippen LogP contribution in [0.5, 0.6) is 0 Å². The highest BCUT2D eigenvalue weighted by Gasteiger charge is 2.27. The van der Waals surface area contributed by atoms with Crippen molar-refractivity contribution >= 4 is 13.7 Å². The summed E-state index contributed by atoms with van der Waals surface area (Å²) in [6.45, 7) is 4.58. The Morgan fingerprint density at radius 1 is 0.593 bits per heavy atom. The molecule has 0 spiro atoms. The molecule has 0 aliphatic carbocycles. The first-order valence-corrected chi connectivity index (χ1v) is 24.3. The molecule has 0 saturated carbocycles. The van der Waals surface area contributed by atoms with E-state index in [4.69, 9.17) is 9.05 Å². The average molecular weight is 842 g/mol. The number of hydrogen-bond donors (Lipinski definition) is 3. The van der Waals surface area contributed by atoms with Crippen LogP contribution in [0, 0.1) is 0 Å². The number of rotatable bonds is 39. The Kier molecular flexibility index (Phi) is 38.6. The highest BCUT2D eigenvalue weighted by atomic mass is 31.2. The number of amides is 1. The minimum Gasteiger partial charge on any atom is -0.387 e. The maximum atomic E-state index is 12.8.